The molecule has 0 radical (unpaired) electrons. The molecule has 0 atom stereocenters. The molecule has 0 fully saturated rings. The number of aryl methyl sites for hydroxylation is 1. The highest BCUT2D eigenvalue weighted by molar-refractivity contribution is 5.90. The monoisotopic (exact) mass is 215 g/mol. The molecule has 4 heteroatoms. The Morgan fingerprint density at radius 2 is 2.38 bits per heavy atom. The van der Waals surface area contributed by atoms with Gasteiger partial charge < -0.3 is 9.88 Å². The van der Waals surface area contributed by atoms with Crippen molar-refractivity contribution in [3.05, 3.63) is 48.5 Å². The number of rotatable bonds is 3. The van der Waals surface area contributed by atoms with E-state index in [-0.39, 0.29) is 12.5 Å². The summed E-state index contributed by atoms with van der Waals surface area (Å²) < 4.78 is 1.73. The smallest absolute Gasteiger partial charge is 0.244 e. The Hall–Kier alpha value is -2.10. The summed E-state index contributed by atoms with van der Waals surface area (Å²) in [7, 11) is 0. The van der Waals surface area contributed by atoms with Crippen molar-refractivity contribution >= 4 is 11.6 Å². The van der Waals surface area contributed by atoms with Crippen LogP contribution in [0.15, 0.2) is 43.0 Å². The molecule has 4 nitrogen and oxygen atoms in total. The Labute approximate surface area is 93.9 Å². The molecule has 0 spiro atoms. The zero-order valence-corrected chi connectivity index (χ0v) is 9.05. The van der Waals surface area contributed by atoms with Crippen LogP contribution in [0.5, 0.6) is 0 Å². The van der Waals surface area contributed by atoms with E-state index in [1.807, 2.05) is 31.2 Å². The molecule has 1 aromatic heterocycles. The number of nitrogens with zero attached hydrogens (tertiary/aromatic N) is 2. The van der Waals surface area contributed by atoms with E-state index in [0.717, 1.165) is 11.3 Å². The molecule has 2 rings (SSSR count). The molecule has 0 saturated heterocycles. The fourth-order valence-corrected chi connectivity index (χ4v) is 1.47. The van der Waals surface area contributed by atoms with Crippen molar-refractivity contribution in [1.82, 2.24) is 9.55 Å². The van der Waals surface area contributed by atoms with Crippen LogP contribution in [0.2, 0.25) is 0 Å². The van der Waals surface area contributed by atoms with Gasteiger partial charge in [0.15, 0.2) is 0 Å². The number of anilines is 1. The van der Waals surface area contributed by atoms with Gasteiger partial charge in [0.25, 0.3) is 0 Å². The van der Waals surface area contributed by atoms with Gasteiger partial charge >= 0.3 is 0 Å². The van der Waals surface area contributed by atoms with Crippen molar-refractivity contribution < 1.29 is 4.79 Å². The molecule has 0 aliphatic carbocycles. The summed E-state index contributed by atoms with van der Waals surface area (Å²) in [4.78, 5) is 15.5. The lowest BCUT2D eigenvalue weighted by Gasteiger charge is -2.06. The number of benzene rings is 1. The fraction of sp³-hybridized carbons (Fsp3) is 0.167. The van der Waals surface area contributed by atoms with Gasteiger partial charge in [0.2, 0.25) is 5.91 Å². The molecule has 1 N–H and O–H groups in total. The van der Waals surface area contributed by atoms with Gasteiger partial charge in [-0.2, -0.15) is 0 Å². The summed E-state index contributed by atoms with van der Waals surface area (Å²) in [5.74, 6) is -0.0522. The Bertz CT molecular complexity index is 477. The maximum absolute atomic E-state index is 11.6. The Morgan fingerprint density at radius 1 is 1.50 bits per heavy atom. The predicted octanol–water partition coefficient (Wildman–Crippen LogP) is 1.83. The maximum Gasteiger partial charge on any atom is 0.244 e. The van der Waals surface area contributed by atoms with Crippen molar-refractivity contribution in [2.24, 2.45) is 0 Å². The summed E-state index contributed by atoms with van der Waals surface area (Å²) in [6, 6.07) is 7.72. The summed E-state index contributed by atoms with van der Waals surface area (Å²) in [5, 5.41) is 2.83. The quantitative estimate of drug-likeness (QED) is 0.849. The molecule has 16 heavy (non-hydrogen) atoms. The van der Waals surface area contributed by atoms with Gasteiger partial charge in [0.1, 0.15) is 6.54 Å². The molecule has 1 aromatic carbocycles. The van der Waals surface area contributed by atoms with Crippen molar-refractivity contribution in [2.75, 3.05) is 5.32 Å². The summed E-state index contributed by atoms with van der Waals surface area (Å²) >= 11 is 0. The molecular formula is C12H13N3O. The minimum absolute atomic E-state index is 0.0522. The molecule has 0 unspecified atom stereocenters. The van der Waals surface area contributed by atoms with Crippen LogP contribution in [0.25, 0.3) is 0 Å². The number of aromatic nitrogens is 2. The van der Waals surface area contributed by atoms with Crippen molar-refractivity contribution in [1.29, 1.82) is 0 Å². The Balaban J connectivity index is 1.97. The van der Waals surface area contributed by atoms with Crippen molar-refractivity contribution in [3.63, 3.8) is 0 Å². The van der Waals surface area contributed by atoms with Gasteiger partial charge in [-0.05, 0) is 24.6 Å². The molecule has 0 bridgehead atoms. The van der Waals surface area contributed by atoms with E-state index in [1.54, 1.807) is 23.3 Å². The molecule has 82 valence electrons. The Kier molecular flexibility index (Phi) is 3.00. The summed E-state index contributed by atoms with van der Waals surface area (Å²) in [6.45, 7) is 2.28. The van der Waals surface area contributed by atoms with E-state index in [0.29, 0.717) is 0 Å². The van der Waals surface area contributed by atoms with E-state index in [9.17, 15) is 4.79 Å². The lowest BCUT2D eigenvalue weighted by Crippen LogP contribution is -2.17. The number of nitrogens with one attached hydrogen (secondary N) is 1. The number of imidazole rings is 1. The topological polar surface area (TPSA) is 46.9 Å². The highest BCUT2D eigenvalue weighted by Gasteiger charge is 2.02. The highest BCUT2D eigenvalue weighted by atomic mass is 16.1. The van der Waals surface area contributed by atoms with Gasteiger partial charge in [0.05, 0.1) is 6.33 Å². The van der Waals surface area contributed by atoms with E-state index in [4.69, 9.17) is 0 Å². The van der Waals surface area contributed by atoms with E-state index < -0.39 is 0 Å². The fourth-order valence-electron chi connectivity index (χ4n) is 1.47. The van der Waals surface area contributed by atoms with Crippen molar-refractivity contribution in [3.8, 4) is 0 Å². The second-order valence-electron chi connectivity index (χ2n) is 3.65. The van der Waals surface area contributed by atoms with Crippen LogP contribution in [0.3, 0.4) is 0 Å². The van der Waals surface area contributed by atoms with Gasteiger partial charge in [-0.15, -0.1) is 0 Å². The third-order valence-corrected chi connectivity index (χ3v) is 2.19. The molecule has 1 heterocycles. The molecule has 0 aliphatic rings. The van der Waals surface area contributed by atoms with Crippen molar-refractivity contribution in [2.45, 2.75) is 13.5 Å². The molecule has 0 aliphatic heterocycles. The average Bonchev–Trinajstić information content (AvgIpc) is 2.70. The molecular weight excluding hydrogens is 202 g/mol. The first-order valence-corrected chi connectivity index (χ1v) is 5.06. The number of hydrogen-bond donors (Lipinski definition) is 1. The normalized spacial score (nSPS) is 10.1. The van der Waals surface area contributed by atoms with Crippen LogP contribution in [-0.4, -0.2) is 15.5 Å². The number of carbonyl (C=O) groups excluding carboxylic acids is 1. The first-order chi connectivity index (χ1) is 7.74. The van der Waals surface area contributed by atoms with Gasteiger partial charge in [-0.3, -0.25) is 4.79 Å². The third kappa shape index (κ3) is 2.70. The highest BCUT2D eigenvalue weighted by Crippen LogP contribution is 2.09. The van der Waals surface area contributed by atoms with Gasteiger partial charge in [-0.1, -0.05) is 12.1 Å². The first-order valence-electron chi connectivity index (χ1n) is 5.06. The maximum atomic E-state index is 11.6. The van der Waals surface area contributed by atoms with Crippen LogP contribution >= 0.6 is 0 Å². The third-order valence-electron chi connectivity index (χ3n) is 2.19. The second kappa shape index (κ2) is 4.61. The standard InChI is InChI=1S/C12H13N3O/c1-10-3-2-4-11(7-10)14-12(16)8-15-6-5-13-9-15/h2-7,9H,8H2,1H3,(H,14,16). The van der Waals surface area contributed by atoms with E-state index in [1.165, 1.54) is 0 Å². The molecule has 1 amide bonds. The zero-order chi connectivity index (χ0) is 11.4. The lowest BCUT2D eigenvalue weighted by atomic mass is 10.2. The van der Waals surface area contributed by atoms with Crippen LogP contribution in [0, 0.1) is 6.92 Å². The van der Waals surface area contributed by atoms with Crippen LogP contribution in [-0.2, 0) is 11.3 Å². The number of hydrogen-bond acceptors (Lipinski definition) is 2. The molecule has 0 saturated carbocycles. The van der Waals surface area contributed by atoms with E-state index in [2.05, 4.69) is 10.3 Å². The SMILES string of the molecule is Cc1cccc(NC(=O)Cn2ccnc2)c1. The minimum Gasteiger partial charge on any atom is -0.328 e. The van der Waals surface area contributed by atoms with Crippen LogP contribution < -0.4 is 5.32 Å². The summed E-state index contributed by atoms with van der Waals surface area (Å²) in [5.41, 5.74) is 1.95. The second-order valence-corrected chi connectivity index (χ2v) is 3.65. The largest absolute Gasteiger partial charge is 0.328 e. The minimum atomic E-state index is -0.0522. The van der Waals surface area contributed by atoms with Crippen LogP contribution in [0.1, 0.15) is 5.56 Å². The lowest BCUT2D eigenvalue weighted by molar-refractivity contribution is -0.116. The summed E-state index contributed by atoms with van der Waals surface area (Å²) in [6.07, 6.45) is 5.03. The average molecular weight is 215 g/mol. The molecule has 2 aromatic rings. The van der Waals surface area contributed by atoms with Gasteiger partial charge in [-0.25, -0.2) is 4.98 Å². The first kappa shape index (κ1) is 10.4. The zero-order valence-electron chi connectivity index (χ0n) is 9.05. The number of amides is 1. The Morgan fingerprint density at radius 3 is 3.06 bits per heavy atom. The van der Waals surface area contributed by atoms with E-state index >= 15 is 0 Å². The van der Waals surface area contributed by atoms with Gasteiger partial charge in [0, 0.05) is 18.1 Å². The number of carbonyl (C=O) groups is 1. The van der Waals surface area contributed by atoms with Crippen LogP contribution in [0.4, 0.5) is 5.69 Å². The predicted molar refractivity (Wildman–Crippen MR) is 62.0 cm³/mol.